The highest BCUT2D eigenvalue weighted by Gasteiger charge is 2.31. The summed E-state index contributed by atoms with van der Waals surface area (Å²) in [5.74, 6) is 0.712. The maximum Gasteiger partial charge on any atom is 0.416 e. The first-order valence-electron chi connectivity index (χ1n) is 10.0. The van der Waals surface area contributed by atoms with Crippen molar-refractivity contribution in [3.63, 3.8) is 0 Å². The molecule has 1 fully saturated rings. The van der Waals surface area contributed by atoms with E-state index in [4.69, 9.17) is 4.74 Å². The van der Waals surface area contributed by atoms with Crippen LogP contribution in [0.15, 0.2) is 40.9 Å². The van der Waals surface area contributed by atoms with E-state index in [1.807, 2.05) is 18.4 Å². The lowest BCUT2D eigenvalue weighted by Crippen LogP contribution is -2.24. The predicted molar refractivity (Wildman–Crippen MR) is 116 cm³/mol. The summed E-state index contributed by atoms with van der Waals surface area (Å²) in [7, 11) is 0. The molecule has 2 aromatic heterocycles. The molecule has 1 aromatic carbocycles. The fourth-order valence-corrected chi connectivity index (χ4v) is 5.25. The smallest absolute Gasteiger partial charge is 0.377 e. The molecule has 0 saturated carbocycles. The van der Waals surface area contributed by atoms with Crippen LogP contribution in [0.4, 0.5) is 13.2 Å². The Labute approximate surface area is 191 Å². The number of rotatable bonds is 7. The van der Waals surface area contributed by atoms with Gasteiger partial charge in [-0.2, -0.15) is 13.2 Å². The Bertz CT molecular complexity index is 1090. The molecule has 0 aliphatic carbocycles. The van der Waals surface area contributed by atoms with E-state index in [1.54, 1.807) is 10.6 Å². The van der Waals surface area contributed by atoms with Crippen LogP contribution in [0.2, 0.25) is 0 Å². The SMILES string of the molecule is Cc1ccsc1C(=O)NCc1nnc(SC[C@H]2CCCO2)n1-c1cccc(C(F)(F)F)c1. The summed E-state index contributed by atoms with van der Waals surface area (Å²) in [6, 6.07) is 6.86. The zero-order valence-corrected chi connectivity index (χ0v) is 18.8. The summed E-state index contributed by atoms with van der Waals surface area (Å²) < 4.78 is 47.1. The zero-order valence-electron chi connectivity index (χ0n) is 17.2. The number of nitrogens with zero attached hydrogens (tertiary/aromatic N) is 3. The molecule has 1 atom stereocenters. The maximum absolute atomic E-state index is 13.3. The maximum atomic E-state index is 13.3. The lowest BCUT2D eigenvalue weighted by molar-refractivity contribution is -0.137. The van der Waals surface area contributed by atoms with Gasteiger partial charge in [-0.3, -0.25) is 9.36 Å². The number of aromatic nitrogens is 3. The summed E-state index contributed by atoms with van der Waals surface area (Å²) in [4.78, 5) is 13.1. The van der Waals surface area contributed by atoms with Crippen molar-refractivity contribution in [1.29, 1.82) is 0 Å². The van der Waals surface area contributed by atoms with Gasteiger partial charge >= 0.3 is 6.18 Å². The average molecular weight is 483 g/mol. The second-order valence-corrected chi connectivity index (χ2v) is 9.25. The molecule has 1 N–H and O–H groups in total. The number of ether oxygens (including phenoxy) is 1. The van der Waals surface area contributed by atoms with Gasteiger partial charge in [-0.05, 0) is 55.0 Å². The number of carbonyl (C=O) groups is 1. The van der Waals surface area contributed by atoms with Crippen LogP contribution < -0.4 is 5.32 Å². The minimum atomic E-state index is -4.47. The number of halogens is 3. The Morgan fingerprint density at radius 2 is 2.19 bits per heavy atom. The molecule has 0 radical (unpaired) electrons. The molecule has 11 heteroatoms. The largest absolute Gasteiger partial charge is 0.416 e. The molecular formula is C21H21F3N4O2S2. The molecule has 6 nitrogen and oxygen atoms in total. The number of hydrogen-bond acceptors (Lipinski definition) is 6. The van der Waals surface area contributed by atoms with E-state index >= 15 is 0 Å². The van der Waals surface area contributed by atoms with Crippen LogP contribution in [0.5, 0.6) is 0 Å². The van der Waals surface area contributed by atoms with Crippen molar-refractivity contribution in [3.8, 4) is 5.69 Å². The summed E-state index contributed by atoms with van der Waals surface area (Å²) in [5, 5.41) is 13.4. The van der Waals surface area contributed by atoms with Crippen molar-refractivity contribution >= 4 is 29.0 Å². The molecule has 3 aromatic rings. The minimum absolute atomic E-state index is 0.0277. The standard InChI is InChI=1S/C21H21F3N4O2S2/c1-13-7-9-31-18(13)19(29)25-11-17-26-27-20(32-12-16-6-3-8-30-16)28(17)15-5-2-4-14(10-15)21(22,23)24/h2,4-5,7,9-10,16H,3,6,8,11-12H2,1H3,(H,25,29)/t16-/m1/s1. The monoisotopic (exact) mass is 482 g/mol. The summed E-state index contributed by atoms with van der Waals surface area (Å²) >= 11 is 2.71. The third-order valence-corrected chi connectivity index (χ3v) is 7.11. The number of alkyl halides is 3. The van der Waals surface area contributed by atoms with Crippen LogP contribution in [0.25, 0.3) is 5.69 Å². The van der Waals surface area contributed by atoms with Crippen molar-refractivity contribution in [3.05, 3.63) is 57.5 Å². The molecule has 1 saturated heterocycles. The van der Waals surface area contributed by atoms with Crippen molar-refractivity contribution in [2.75, 3.05) is 12.4 Å². The van der Waals surface area contributed by atoms with E-state index < -0.39 is 11.7 Å². The molecule has 1 amide bonds. The minimum Gasteiger partial charge on any atom is -0.377 e. The van der Waals surface area contributed by atoms with E-state index in [2.05, 4.69) is 15.5 Å². The second kappa shape index (κ2) is 9.63. The van der Waals surface area contributed by atoms with Crippen LogP contribution in [-0.2, 0) is 17.5 Å². The average Bonchev–Trinajstić information content (AvgIpc) is 3.51. The highest BCUT2D eigenvalue weighted by Crippen LogP contribution is 2.32. The van der Waals surface area contributed by atoms with Crippen LogP contribution in [0, 0.1) is 6.92 Å². The van der Waals surface area contributed by atoms with Gasteiger partial charge in [0.1, 0.15) is 0 Å². The molecule has 1 aliphatic heterocycles. The van der Waals surface area contributed by atoms with E-state index in [-0.39, 0.29) is 24.2 Å². The van der Waals surface area contributed by atoms with Gasteiger partial charge < -0.3 is 10.1 Å². The molecular weight excluding hydrogens is 461 g/mol. The molecule has 1 aliphatic rings. The summed E-state index contributed by atoms with van der Waals surface area (Å²) in [5.41, 5.74) is 0.388. The molecule has 0 spiro atoms. The number of benzene rings is 1. The number of hydrogen-bond donors (Lipinski definition) is 1. The van der Waals surface area contributed by atoms with Crippen molar-refractivity contribution < 1.29 is 22.7 Å². The van der Waals surface area contributed by atoms with Gasteiger partial charge in [-0.25, -0.2) is 0 Å². The molecule has 4 rings (SSSR count). The normalized spacial score (nSPS) is 16.4. The van der Waals surface area contributed by atoms with Crippen molar-refractivity contribution in [2.24, 2.45) is 0 Å². The van der Waals surface area contributed by atoms with Gasteiger partial charge in [0, 0.05) is 12.4 Å². The van der Waals surface area contributed by atoms with Gasteiger partial charge in [0.15, 0.2) is 11.0 Å². The number of thioether (sulfide) groups is 1. The fourth-order valence-electron chi connectivity index (χ4n) is 3.38. The quantitative estimate of drug-likeness (QED) is 0.487. The third-order valence-electron chi connectivity index (χ3n) is 5.03. The number of aryl methyl sites for hydroxylation is 1. The van der Waals surface area contributed by atoms with E-state index in [0.717, 1.165) is 30.5 Å². The lowest BCUT2D eigenvalue weighted by atomic mass is 10.2. The van der Waals surface area contributed by atoms with Crippen LogP contribution in [-0.4, -0.2) is 39.1 Å². The van der Waals surface area contributed by atoms with Crippen molar-refractivity contribution in [1.82, 2.24) is 20.1 Å². The Kier molecular flexibility index (Phi) is 6.87. The molecule has 170 valence electrons. The van der Waals surface area contributed by atoms with Crippen LogP contribution in [0.1, 0.15) is 39.5 Å². The first-order valence-corrected chi connectivity index (χ1v) is 11.9. The Balaban J connectivity index is 1.61. The Morgan fingerprint density at radius 1 is 1.34 bits per heavy atom. The number of carbonyl (C=O) groups excluding carboxylic acids is 1. The van der Waals surface area contributed by atoms with Gasteiger partial charge in [0.05, 0.1) is 28.8 Å². The van der Waals surface area contributed by atoms with Gasteiger partial charge in [-0.1, -0.05) is 17.8 Å². The number of thiophene rings is 1. The van der Waals surface area contributed by atoms with E-state index in [1.165, 1.54) is 29.2 Å². The Hall–Kier alpha value is -2.37. The van der Waals surface area contributed by atoms with Crippen molar-refractivity contribution in [2.45, 2.75) is 43.7 Å². The summed E-state index contributed by atoms with van der Waals surface area (Å²) in [6.07, 6.45) is -2.46. The molecule has 32 heavy (non-hydrogen) atoms. The Morgan fingerprint density at radius 3 is 2.88 bits per heavy atom. The van der Waals surface area contributed by atoms with Crippen LogP contribution >= 0.6 is 23.1 Å². The molecule has 3 heterocycles. The zero-order chi connectivity index (χ0) is 22.7. The summed E-state index contributed by atoms with van der Waals surface area (Å²) in [6.45, 7) is 2.58. The fraction of sp³-hybridized carbons (Fsp3) is 0.381. The first-order chi connectivity index (χ1) is 15.3. The van der Waals surface area contributed by atoms with E-state index in [0.29, 0.717) is 28.2 Å². The lowest BCUT2D eigenvalue weighted by Gasteiger charge is -2.14. The van der Waals surface area contributed by atoms with Gasteiger partial charge in [0.25, 0.3) is 5.91 Å². The second-order valence-electron chi connectivity index (χ2n) is 7.34. The van der Waals surface area contributed by atoms with E-state index in [9.17, 15) is 18.0 Å². The van der Waals surface area contributed by atoms with Gasteiger partial charge in [-0.15, -0.1) is 21.5 Å². The molecule has 0 bridgehead atoms. The number of nitrogens with one attached hydrogen (secondary N) is 1. The topological polar surface area (TPSA) is 69.0 Å². The molecule has 0 unspecified atom stereocenters. The highest BCUT2D eigenvalue weighted by molar-refractivity contribution is 7.99. The van der Waals surface area contributed by atoms with Crippen LogP contribution in [0.3, 0.4) is 0 Å². The number of amides is 1. The first kappa shape index (κ1) is 22.8. The predicted octanol–water partition coefficient (Wildman–Crippen LogP) is 4.86. The highest BCUT2D eigenvalue weighted by atomic mass is 32.2. The van der Waals surface area contributed by atoms with Gasteiger partial charge in [0.2, 0.25) is 0 Å². The third kappa shape index (κ3) is 5.16.